The predicted octanol–water partition coefficient (Wildman–Crippen LogP) is 4.09. The minimum Gasteiger partial charge on any atom is -0.456 e. The lowest BCUT2D eigenvalue weighted by atomic mass is 10.2. The van der Waals surface area contributed by atoms with Crippen molar-refractivity contribution in [1.82, 2.24) is 0 Å². The highest BCUT2D eigenvalue weighted by Crippen LogP contribution is 2.32. The molecule has 0 aliphatic rings. The maximum atomic E-state index is 5.86. The van der Waals surface area contributed by atoms with Crippen LogP contribution in [0, 0.1) is 6.92 Å². The van der Waals surface area contributed by atoms with Gasteiger partial charge >= 0.3 is 0 Å². The smallest absolute Gasteiger partial charge is 0.140 e. The van der Waals surface area contributed by atoms with Gasteiger partial charge in [-0.15, -0.1) is 11.8 Å². The van der Waals surface area contributed by atoms with Crippen LogP contribution in [-0.4, -0.2) is 6.26 Å². The Morgan fingerprint density at radius 3 is 2.59 bits per heavy atom. The highest BCUT2D eigenvalue weighted by Gasteiger charge is 2.04. The number of hydrogen-bond donors (Lipinski definition) is 1. The van der Waals surface area contributed by atoms with Crippen LogP contribution in [0.5, 0.6) is 11.5 Å². The molecule has 0 aliphatic carbocycles. The van der Waals surface area contributed by atoms with Crippen LogP contribution >= 0.6 is 11.8 Å². The first-order valence-electron chi connectivity index (χ1n) is 5.37. The number of thioether (sulfide) groups is 1. The number of benzene rings is 2. The van der Waals surface area contributed by atoms with E-state index in [0.29, 0.717) is 0 Å². The highest BCUT2D eigenvalue weighted by molar-refractivity contribution is 7.98. The lowest BCUT2D eigenvalue weighted by Crippen LogP contribution is -1.91. The second-order valence-corrected chi connectivity index (χ2v) is 4.62. The monoisotopic (exact) mass is 245 g/mol. The molecule has 2 rings (SSSR count). The fraction of sp³-hybridized carbons (Fsp3) is 0.143. The van der Waals surface area contributed by atoms with E-state index in [4.69, 9.17) is 10.5 Å². The zero-order valence-electron chi connectivity index (χ0n) is 9.94. The van der Waals surface area contributed by atoms with Gasteiger partial charge < -0.3 is 10.5 Å². The Hall–Kier alpha value is -1.61. The summed E-state index contributed by atoms with van der Waals surface area (Å²) in [5, 5.41) is 0. The van der Waals surface area contributed by atoms with E-state index in [1.165, 1.54) is 0 Å². The van der Waals surface area contributed by atoms with Crippen LogP contribution in [0.2, 0.25) is 0 Å². The van der Waals surface area contributed by atoms with Crippen molar-refractivity contribution in [3.05, 3.63) is 48.0 Å². The summed E-state index contributed by atoms with van der Waals surface area (Å²) in [5.41, 5.74) is 7.60. The lowest BCUT2D eigenvalue weighted by molar-refractivity contribution is 0.471. The zero-order chi connectivity index (χ0) is 12.3. The summed E-state index contributed by atoms with van der Waals surface area (Å²) in [6.45, 7) is 1.97. The molecule has 0 aromatic heterocycles. The van der Waals surface area contributed by atoms with E-state index in [0.717, 1.165) is 27.6 Å². The molecule has 88 valence electrons. The van der Waals surface area contributed by atoms with Crippen molar-refractivity contribution in [2.75, 3.05) is 12.0 Å². The number of hydrogen-bond acceptors (Lipinski definition) is 3. The summed E-state index contributed by atoms with van der Waals surface area (Å²) in [5.74, 6) is 1.70. The largest absolute Gasteiger partial charge is 0.456 e. The molecular weight excluding hydrogens is 230 g/mol. The maximum absolute atomic E-state index is 5.86. The molecule has 0 heterocycles. The number of anilines is 1. The zero-order valence-corrected chi connectivity index (χ0v) is 10.8. The van der Waals surface area contributed by atoms with Crippen LogP contribution in [-0.2, 0) is 0 Å². The van der Waals surface area contributed by atoms with Crippen molar-refractivity contribution in [3.63, 3.8) is 0 Å². The number of nitrogens with two attached hydrogens (primary N) is 1. The molecule has 0 unspecified atom stereocenters. The van der Waals surface area contributed by atoms with Crippen molar-refractivity contribution in [2.45, 2.75) is 11.8 Å². The number of nitrogen functional groups attached to an aromatic ring is 1. The van der Waals surface area contributed by atoms with Gasteiger partial charge in [0, 0.05) is 10.6 Å². The summed E-state index contributed by atoms with van der Waals surface area (Å²) in [7, 11) is 0. The SMILES string of the molecule is CSc1ccccc1Oc1ccc(N)c(C)c1. The standard InChI is InChI=1S/C14H15NOS/c1-10-9-11(7-8-12(10)15)16-13-5-3-4-6-14(13)17-2/h3-9H,15H2,1-2H3. The Morgan fingerprint density at radius 2 is 1.88 bits per heavy atom. The van der Waals surface area contributed by atoms with Crippen molar-refractivity contribution in [2.24, 2.45) is 0 Å². The molecule has 0 fully saturated rings. The maximum Gasteiger partial charge on any atom is 0.140 e. The third-order valence-electron chi connectivity index (χ3n) is 2.54. The number of para-hydroxylation sites is 1. The Kier molecular flexibility index (Phi) is 3.59. The van der Waals surface area contributed by atoms with Crippen LogP contribution in [0.15, 0.2) is 47.4 Å². The third kappa shape index (κ3) is 2.74. The van der Waals surface area contributed by atoms with Gasteiger partial charge in [-0.3, -0.25) is 0 Å². The summed E-state index contributed by atoms with van der Waals surface area (Å²) in [6, 6.07) is 13.7. The highest BCUT2D eigenvalue weighted by atomic mass is 32.2. The fourth-order valence-electron chi connectivity index (χ4n) is 1.54. The van der Waals surface area contributed by atoms with E-state index in [-0.39, 0.29) is 0 Å². The molecule has 0 saturated heterocycles. The van der Waals surface area contributed by atoms with Gasteiger partial charge in [-0.05, 0) is 49.1 Å². The lowest BCUT2D eigenvalue weighted by Gasteiger charge is -2.10. The van der Waals surface area contributed by atoms with E-state index < -0.39 is 0 Å². The van der Waals surface area contributed by atoms with Crippen molar-refractivity contribution < 1.29 is 4.74 Å². The molecule has 0 atom stereocenters. The summed E-state index contributed by atoms with van der Waals surface area (Å²) < 4.78 is 5.86. The molecule has 2 N–H and O–H groups in total. The molecule has 3 heteroatoms. The topological polar surface area (TPSA) is 35.2 Å². The molecule has 0 bridgehead atoms. The van der Waals surface area contributed by atoms with Crippen molar-refractivity contribution in [1.29, 1.82) is 0 Å². The van der Waals surface area contributed by atoms with E-state index in [9.17, 15) is 0 Å². The van der Waals surface area contributed by atoms with E-state index in [1.54, 1.807) is 11.8 Å². The molecule has 0 aliphatic heterocycles. The van der Waals surface area contributed by atoms with Gasteiger partial charge in [0.2, 0.25) is 0 Å². The van der Waals surface area contributed by atoms with Gasteiger partial charge in [-0.2, -0.15) is 0 Å². The average Bonchev–Trinajstić information content (AvgIpc) is 2.34. The van der Waals surface area contributed by atoms with Gasteiger partial charge in [0.25, 0.3) is 0 Å². The molecule has 0 spiro atoms. The Bertz CT molecular complexity index is 525. The second-order valence-electron chi connectivity index (χ2n) is 3.77. The van der Waals surface area contributed by atoms with Gasteiger partial charge in [-0.25, -0.2) is 0 Å². The first kappa shape index (κ1) is 11.9. The molecule has 0 radical (unpaired) electrons. The molecule has 2 aromatic rings. The van der Waals surface area contributed by atoms with Crippen LogP contribution in [0.25, 0.3) is 0 Å². The Balaban J connectivity index is 2.28. The van der Waals surface area contributed by atoms with Crippen LogP contribution in [0.1, 0.15) is 5.56 Å². The van der Waals surface area contributed by atoms with Crippen LogP contribution < -0.4 is 10.5 Å². The number of rotatable bonds is 3. The number of ether oxygens (including phenoxy) is 1. The fourth-order valence-corrected chi connectivity index (χ4v) is 2.07. The quantitative estimate of drug-likeness (QED) is 0.653. The molecule has 0 amide bonds. The van der Waals surface area contributed by atoms with Crippen LogP contribution in [0.3, 0.4) is 0 Å². The molecule has 0 saturated carbocycles. The predicted molar refractivity (Wildman–Crippen MR) is 73.9 cm³/mol. The first-order valence-corrected chi connectivity index (χ1v) is 6.60. The third-order valence-corrected chi connectivity index (χ3v) is 3.32. The Morgan fingerprint density at radius 1 is 1.12 bits per heavy atom. The minimum atomic E-state index is 0.788. The second kappa shape index (κ2) is 5.15. The Labute approximate surface area is 106 Å². The van der Waals surface area contributed by atoms with Gasteiger partial charge in [0.1, 0.15) is 11.5 Å². The number of aryl methyl sites for hydroxylation is 1. The van der Waals surface area contributed by atoms with Crippen molar-refractivity contribution >= 4 is 17.4 Å². The van der Waals surface area contributed by atoms with Gasteiger partial charge in [0.15, 0.2) is 0 Å². The molecular formula is C14H15NOS. The first-order chi connectivity index (χ1) is 8.20. The summed E-state index contributed by atoms with van der Waals surface area (Å²) in [4.78, 5) is 1.13. The van der Waals surface area contributed by atoms with Crippen molar-refractivity contribution in [3.8, 4) is 11.5 Å². The molecule has 17 heavy (non-hydrogen) atoms. The van der Waals surface area contributed by atoms with E-state index in [2.05, 4.69) is 0 Å². The normalized spacial score (nSPS) is 10.2. The molecule has 2 nitrogen and oxygen atoms in total. The summed E-state index contributed by atoms with van der Waals surface area (Å²) in [6.07, 6.45) is 2.04. The van der Waals surface area contributed by atoms with Gasteiger partial charge in [0.05, 0.1) is 0 Å². The van der Waals surface area contributed by atoms with E-state index in [1.807, 2.05) is 55.6 Å². The minimum absolute atomic E-state index is 0.788. The van der Waals surface area contributed by atoms with Crippen LogP contribution in [0.4, 0.5) is 5.69 Å². The van der Waals surface area contributed by atoms with E-state index >= 15 is 0 Å². The summed E-state index contributed by atoms with van der Waals surface area (Å²) >= 11 is 1.67. The molecule has 2 aromatic carbocycles. The average molecular weight is 245 g/mol. The van der Waals surface area contributed by atoms with Gasteiger partial charge in [-0.1, -0.05) is 12.1 Å².